The number of nitrogens with one attached hydrogen (secondary N) is 1. The molecule has 9 heteroatoms. The lowest BCUT2D eigenvalue weighted by molar-refractivity contribution is -0.386. The summed E-state index contributed by atoms with van der Waals surface area (Å²) in [6.45, 7) is 4.77. The van der Waals surface area contributed by atoms with Crippen molar-refractivity contribution in [1.82, 2.24) is 19.3 Å². The molecule has 1 N–H and O–H groups in total. The van der Waals surface area contributed by atoms with E-state index in [-0.39, 0.29) is 17.3 Å². The molecule has 3 rings (SSSR count). The molecule has 0 aliphatic carbocycles. The Kier molecular flexibility index (Phi) is 3.99. The largest absolute Gasteiger partial charge is 0.313 e. The summed E-state index contributed by atoms with van der Waals surface area (Å²) in [4.78, 5) is 27.6. The van der Waals surface area contributed by atoms with Gasteiger partial charge in [0.1, 0.15) is 17.4 Å². The fraction of sp³-hybridized carbons (Fsp3) is 0.312. The second-order valence-corrected chi connectivity index (χ2v) is 5.87. The molecule has 0 saturated heterocycles. The summed E-state index contributed by atoms with van der Waals surface area (Å²) in [6, 6.07) is 6.82. The number of aryl methyl sites for hydroxylation is 2. The second-order valence-electron chi connectivity index (χ2n) is 5.87. The fourth-order valence-corrected chi connectivity index (χ4v) is 2.88. The van der Waals surface area contributed by atoms with Gasteiger partial charge in [-0.25, -0.2) is 4.98 Å². The van der Waals surface area contributed by atoms with Gasteiger partial charge in [-0.05, 0) is 32.9 Å². The molecular formula is C16H18N6O3. The number of hydrogen-bond donors (Lipinski definition) is 1. The van der Waals surface area contributed by atoms with Gasteiger partial charge in [-0.15, -0.1) is 0 Å². The topological polar surface area (TPSA) is 108 Å². The van der Waals surface area contributed by atoms with Crippen LogP contribution in [0.5, 0.6) is 0 Å². The first-order valence-electron chi connectivity index (χ1n) is 7.73. The maximum absolute atomic E-state index is 12.6. The van der Waals surface area contributed by atoms with Crippen LogP contribution < -0.4 is 5.32 Å². The van der Waals surface area contributed by atoms with Crippen LogP contribution in [0.2, 0.25) is 0 Å². The zero-order chi connectivity index (χ0) is 18.3. The highest BCUT2D eigenvalue weighted by molar-refractivity contribution is 5.94. The average molecular weight is 342 g/mol. The van der Waals surface area contributed by atoms with Gasteiger partial charge in [0.15, 0.2) is 0 Å². The molecule has 1 amide bonds. The number of anilines is 1. The van der Waals surface area contributed by atoms with Crippen molar-refractivity contribution in [3.05, 3.63) is 45.8 Å². The van der Waals surface area contributed by atoms with Crippen LogP contribution in [0.25, 0.3) is 11.0 Å². The lowest BCUT2D eigenvalue weighted by Gasteiger charge is -2.13. The Morgan fingerprint density at radius 2 is 2.00 bits per heavy atom. The lowest BCUT2D eigenvalue weighted by Crippen LogP contribution is -2.26. The summed E-state index contributed by atoms with van der Waals surface area (Å²) < 4.78 is 3.15. The number of amides is 1. The minimum absolute atomic E-state index is 0.0672. The standard InChI is InChI=1S/C16H18N6O3/c1-9-14(22(24)25)10(2)21(19-9)11(3)15(23)18-16-17-12-7-5-6-8-13(12)20(16)4/h5-8,11H,1-4H3,(H,17,18,23). The third-order valence-corrected chi connectivity index (χ3v) is 4.24. The van der Waals surface area contributed by atoms with Gasteiger partial charge in [0.05, 0.1) is 16.0 Å². The van der Waals surface area contributed by atoms with E-state index in [0.29, 0.717) is 11.6 Å². The number of para-hydroxylation sites is 2. The van der Waals surface area contributed by atoms with Crippen LogP contribution in [-0.2, 0) is 11.8 Å². The van der Waals surface area contributed by atoms with Crippen LogP contribution in [0, 0.1) is 24.0 Å². The van der Waals surface area contributed by atoms with E-state index >= 15 is 0 Å². The number of nitro groups is 1. The zero-order valence-electron chi connectivity index (χ0n) is 14.3. The third-order valence-electron chi connectivity index (χ3n) is 4.24. The third kappa shape index (κ3) is 2.73. The smallest absolute Gasteiger partial charge is 0.312 e. The van der Waals surface area contributed by atoms with Crippen molar-refractivity contribution in [3.8, 4) is 0 Å². The Labute approximate surface area is 143 Å². The fourth-order valence-electron chi connectivity index (χ4n) is 2.88. The molecule has 0 aliphatic heterocycles. The van der Waals surface area contributed by atoms with E-state index < -0.39 is 11.0 Å². The molecule has 0 fully saturated rings. The summed E-state index contributed by atoms with van der Waals surface area (Å²) in [6.07, 6.45) is 0. The highest BCUT2D eigenvalue weighted by atomic mass is 16.6. The molecule has 1 unspecified atom stereocenters. The number of benzene rings is 1. The Morgan fingerprint density at radius 3 is 2.60 bits per heavy atom. The number of hydrogen-bond acceptors (Lipinski definition) is 5. The van der Waals surface area contributed by atoms with Crippen molar-refractivity contribution < 1.29 is 9.72 Å². The quantitative estimate of drug-likeness (QED) is 0.579. The van der Waals surface area contributed by atoms with E-state index in [1.54, 1.807) is 25.3 Å². The number of imidazole rings is 1. The minimum Gasteiger partial charge on any atom is -0.313 e. The van der Waals surface area contributed by atoms with E-state index in [0.717, 1.165) is 11.0 Å². The summed E-state index contributed by atoms with van der Waals surface area (Å²) in [5, 5.41) is 18.0. The summed E-state index contributed by atoms with van der Waals surface area (Å²) in [5.41, 5.74) is 2.23. The summed E-state index contributed by atoms with van der Waals surface area (Å²) in [7, 11) is 1.81. The van der Waals surface area contributed by atoms with Crippen molar-refractivity contribution in [1.29, 1.82) is 0 Å². The lowest BCUT2D eigenvalue weighted by atomic mass is 10.3. The Balaban J connectivity index is 1.89. The molecule has 0 radical (unpaired) electrons. The van der Waals surface area contributed by atoms with Gasteiger partial charge >= 0.3 is 5.69 Å². The minimum atomic E-state index is -0.716. The molecule has 9 nitrogen and oxygen atoms in total. The highest BCUT2D eigenvalue weighted by Crippen LogP contribution is 2.25. The normalized spacial score (nSPS) is 12.3. The van der Waals surface area contributed by atoms with Gasteiger partial charge in [0.2, 0.25) is 5.95 Å². The molecule has 25 heavy (non-hydrogen) atoms. The van der Waals surface area contributed by atoms with Crippen LogP contribution in [0.15, 0.2) is 24.3 Å². The second kappa shape index (κ2) is 6.00. The van der Waals surface area contributed by atoms with Gasteiger partial charge < -0.3 is 4.57 Å². The van der Waals surface area contributed by atoms with Crippen LogP contribution in [-0.4, -0.2) is 30.2 Å². The number of fused-ring (bicyclic) bond motifs is 1. The SMILES string of the molecule is Cc1nn(C(C)C(=O)Nc2nc3ccccc3n2C)c(C)c1[N+](=O)[O-]. The summed E-state index contributed by atoms with van der Waals surface area (Å²) in [5.74, 6) is 0.0629. The van der Waals surface area contributed by atoms with Gasteiger partial charge in [-0.3, -0.25) is 24.9 Å². The molecular weight excluding hydrogens is 324 g/mol. The molecule has 0 saturated carbocycles. The molecule has 3 aromatic rings. The number of rotatable bonds is 4. The Hall–Kier alpha value is -3.23. The molecule has 2 heterocycles. The van der Waals surface area contributed by atoms with E-state index in [1.165, 1.54) is 4.68 Å². The van der Waals surface area contributed by atoms with Crippen LogP contribution >= 0.6 is 0 Å². The van der Waals surface area contributed by atoms with Crippen molar-refractivity contribution >= 4 is 28.6 Å². The highest BCUT2D eigenvalue weighted by Gasteiger charge is 2.27. The van der Waals surface area contributed by atoms with Crippen LogP contribution in [0.4, 0.5) is 11.6 Å². The maximum Gasteiger partial charge on any atom is 0.312 e. The van der Waals surface area contributed by atoms with Crippen molar-refractivity contribution in [2.75, 3.05) is 5.32 Å². The average Bonchev–Trinajstić information content (AvgIpc) is 3.04. The van der Waals surface area contributed by atoms with Gasteiger partial charge in [0, 0.05) is 7.05 Å². The molecule has 1 atom stereocenters. The number of nitrogens with zero attached hydrogens (tertiary/aromatic N) is 5. The summed E-state index contributed by atoms with van der Waals surface area (Å²) >= 11 is 0. The van der Waals surface area contributed by atoms with E-state index in [2.05, 4.69) is 15.4 Å². The Bertz CT molecular complexity index is 987. The van der Waals surface area contributed by atoms with Gasteiger partial charge in [0.25, 0.3) is 5.91 Å². The maximum atomic E-state index is 12.6. The first kappa shape index (κ1) is 16.6. The molecule has 130 valence electrons. The molecule has 2 aromatic heterocycles. The monoisotopic (exact) mass is 342 g/mol. The molecule has 0 spiro atoms. The molecule has 1 aromatic carbocycles. The van der Waals surface area contributed by atoms with E-state index in [4.69, 9.17) is 0 Å². The van der Waals surface area contributed by atoms with Crippen molar-refractivity contribution in [2.24, 2.45) is 7.05 Å². The Morgan fingerprint density at radius 1 is 1.32 bits per heavy atom. The first-order valence-corrected chi connectivity index (χ1v) is 7.73. The van der Waals surface area contributed by atoms with Gasteiger partial charge in [-0.2, -0.15) is 5.10 Å². The number of carbonyl (C=O) groups is 1. The van der Waals surface area contributed by atoms with Gasteiger partial charge in [-0.1, -0.05) is 12.1 Å². The van der Waals surface area contributed by atoms with E-state index in [1.807, 2.05) is 31.3 Å². The van der Waals surface area contributed by atoms with E-state index in [9.17, 15) is 14.9 Å². The predicted octanol–water partition coefficient (Wildman–Crippen LogP) is 2.49. The van der Waals surface area contributed by atoms with Crippen LogP contribution in [0.1, 0.15) is 24.4 Å². The molecule has 0 bridgehead atoms. The predicted molar refractivity (Wildman–Crippen MR) is 92.4 cm³/mol. The number of aromatic nitrogens is 4. The number of carbonyl (C=O) groups excluding carboxylic acids is 1. The van der Waals surface area contributed by atoms with Crippen molar-refractivity contribution in [2.45, 2.75) is 26.8 Å². The van der Waals surface area contributed by atoms with Crippen LogP contribution in [0.3, 0.4) is 0 Å². The zero-order valence-corrected chi connectivity index (χ0v) is 14.3. The first-order chi connectivity index (χ1) is 11.8. The van der Waals surface area contributed by atoms with Crippen molar-refractivity contribution in [3.63, 3.8) is 0 Å². The molecule has 0 aliphatic rings.